The summed E-state index contributed by atoms with van der Waals surface area (Å²) in [6.07, 6.45) is 8.89. The van der Waals surface area contributed by atoms with Crippen LogP contribution in [-0.4, -0.2) is 12.7 Å². The number of fused-ring (bicyclic) bond motifs is 1. The van der Waals surface area contributed by atoms with Crippen LogP contribution < -0.4 is 0 Å². The number of benzene rings is 1. The summed E-state index contributed by atoms with van der Waals surface area (Å²) in [5, 5.41) is 0. The average Bonchev–Trinajstić information content (AvgIpc) is 2.52. The quantitative estimate of drug-likeness (QED) is 0.722. The van der Waals surface area contributed by atoms with Gasteiger partial charge in [0.25, 0.3) is 0 Å². The van der Waals surface area contributed by atoms with Crippen LogP contribution in [0.25, 0.3) is 6.08 Å². The van der Waals surface area contributed by atoms with Gasteiger partial charge in [0.1, 0.15) is 0 Å². The minimum atomic E-state index is 0.0431. The summed E-state index contributed by atoms with van der Waals surface area (Å²) >= 11 is 0. The van der Waals surface area contributed by atoms with E-state index in [9.17, 15) is 0 Å². The maximum atomic E-state index is 5.90. The van der Waals surface area contributed by atoms with Gasteiger partial charge in [-0.2, -0.15) is 0 Å². The Morgan fingerprint density at radius 3 is 2.48 bits per heavy atom. The van der Waals surface area contributed by atoms with E-state index in [1.165, 1.54) is 11.1 Å². The molecule has 0 spiro atoms. The fraction of sp³-hybridized carbons (Fsp3) is 0.300. The molecule has 1 heteroatoms. The molecular formula is C20H26O. The van der Waals surface area contributed by atoms with Crippen molar-refractivity contribution in [3.05, 3.63) is 77.9 Å². The number of ether oxygens (including phenoxy) is 1. The van der Waals surface area contributed by atoms with E-state index >= 15 is 0 Å². The topological polar surface area (TPSA) is 9.23 Å². The average molecular weight is 282 g/mol. The van der Waals surface area contributed by atoms with Crippen LogP contribution in [0.1, 0.15) is 31.9 Å². The summed E-state index contributed by atoms with van der Waals surface area (Å²) < 4.78 is 5.90. The van der Waals surface area contributed by atoms with E-state index in [0.717, 1.165) is 17.6 Å². The zero-order chi connectivity index (χ0) is 15.7. The number of hydrogen-bond donors (Lipinski definition) is 0. The first-order valence-electron chi connectivity index (χ1n) is 7.66. The molecule has 0 fully saturated rings. The first-order chi connectivity index (χ1) is 10.3. The minimum absolute atomic E-state index is 0.0431. The molecule has 0 aliphatic heterocycles. The van der Waals surface area contributed by atoms with Gasteiger partial charge in [0.15, 0.2) is 0 Å². The van der Waals surface area contributed by atoms with Crippen molar-refractivity contribution >= 4 is 6.08 Å². The monoisotopic (exact) mass is 282 g/mol. The van der Waals surface area contributed by atoms with Crippen molar-refractivity contribution in [3.63, 3.8) is 0 Å². The van der Waals surface area contributed by atoms with Gasteiger partial charge in [0.2, 0.25) is 0 Å². The predicted molar refractivity (Wildman–Crippen MR) is 93.4 cm³/mol. The summed E-state index contributed by atoms with van der Waals surface area (Å²) in [5.74, 6) is 0. The lowest BCUT2D eigenvalue weighted by Gasteiger charge is -2.23. The van der Waals surface area contributed by atoms with Gasteiger partial charge in [0, 0.05) is 13.0 Å². The van der Waals surface area contributed by atoms with E-state index in [4.69, 9.17) is 4.74 Å². The molecule has 1 nitrogen and oxygen atoms in total. The fourth-order valence-corrected chi connectivity index (χ4v) is 2.44. The highest BCUT2D eigenvalue weighted by Crippen LogP contribution is 2.25. The zero-order valence-corrected chi connectivity index (χ0v) is 13.4. The molecule has 1 aliphatic carbocycles. The lowest BCUT2D eigenvalue weighted by Crippen LogP contribution is -2.20. The SMILES string of the molecule is C=CC1=C(\C=C)C(OCC)Cc2ccccc2/C=C\1.CC. The Morgan fingerprint density at radius 2 is 1.86 bits per heavy atom. The standard InChI is InChI=1S/C18H20O.C2H6/c1-4-14-11-12-15-9-7-8-10-16(15)13-18(19-6-3)17(14)5-2;1-2/h4-5,7-12,18H,1-2,6,13H2,3H3;1-2H3/b12-11-,17-14-;. The van der Waals surface area contributed by atoms with Crippen LogP contribution in [0.4, 0.5) is 0 Å². The highest BCUT2D eigenvalue weighted by molar-refractivity contribution is 5.61. The van der Waals surface area contributed by atoms with Crippen LogP contribution in [0, 0.1) is 0 Å². The second-order valence-electron chi connectivity index (χ2n) is 4.50. The number of rotatable bonds is 4. The molecule has 1 aliphatic rings. The zero-order valence-electron chi connectivity index (χ0n) is 13.4. The molecule has 0 aromatic heterocycles. The van der Waals surface area contributed by atoms with E-state index < -0.39 is 0 Å². The molecule has 0 bridgehead atoms. The van der Waals surface area contributed by atoms with Crippen molar-refractivity contribution in [2.75, 3.05) is 6.61 Å². The lowest BCUT2D eigenvalue weighted by atomic mass is 9.91. The number of allylic oxidation sites excluding steroid dienone is 3. The van der Waals surface area contributed by atoms with Crippen LogP contribution in [-0.2, 0) is 11.2 Å². The van der Waals surface area contributed by atoms with E-state index in [-0.39, 0.29) is 6.10 Å². The van der Waals surface area contributed by atoms with Gasteiger partial charge in [-0.05, 0) is 29.2 Å². The molecule has 0 saturated carbocycles. The van der Waals surface area contributed by atoms with E-state index in [1.807, 2.05) is 32.9 Å². The Balaban J connectivity index is 0.00000106. The van der Waals surface area contributed by atoms with Crippen LogP contribution >= 0.6 is 0 Å². The molecule has 1 atom stereocenters. The van der Waals surface area contributed by atoms with Gasteiger partial charge in [-0.3, -0.25) is 0 Å². The third-order valence-electron chi connectivity index (χ3n) is 3.39. The highest BCUT2D eigenvalue weighted by atomic mass is 16.5. The lowest BCUT2D eigenvalue weighted by molar-refractivity contribution is 0.0905. The van der Waals surface area contributed by atoms with Crippen molar-refractivity contribution < 1.29 is 4.74 Å². The van der Waals surface area contributed by atoms with Crippen molar-refractivity contribution in [1.29, 1.82) is 0 Å². The maximum Gasteiger partial charge on any atom is 0.0870 e. The van der Waals surface area contributed by atoms with Crippen molar-refractivity contribution in [2.45, 2.75) is 33.3 Å². The maximum absolute atomic E-state index is 5.90. The van der Waals surface area contributed by atoms with Gasteiger partial charge in [-0.25, -0.2) is 0 Å². The van der Waals surface area contributed by atoms with E-state index in [2.05, 4.69) is 49.6 Å². The van der Waals surface area contributed by atoms with Gasteiger partial charge >= 0.3 is 0 Å². The van der Waals surface area contributed by atoms with Gasteiger partial charge in [0.05, 0.1) is 6.10 Å². The van der Waals surface area contributed by atoms with E-state index in [0.29, 0.717) is 6.61 Å². The third-order valence-corrected chi connectivity index (χ3v) is 3.39. The highest BCUT2D eigenvalue weighted by Gasteiger charge is 2.18. The normalized spacial score (nSPS) is 22.0. The molecule has 2 rings (SSSR count). The molecule has 1 unspecified atom stereocenters. The third kappa shape index (κ3) is 4.30. The Labute approximate surface area is 129 Å². The Bertz CT molecular complexity index is 535. The molecular weight excluding hydrogens is 256 g/mol. The largest absolute Gasteiger partial charge is 0.373 e. The van der Waals surface area contributed by atoms with Crippen molar-refractivity contribution in [3.8, 4) is 0 Å². The summed E-state index contributed by atoms with van der Waals surface area (Å²) in [6, 6.07) is 8.43. The van der Waals surface area contributed by atoms with Crippen LogP contribution in [0.2, 0.25) is 0 Å². The summed E-state index contributed by atoms with van der Waals surface area (Å²) in [6.45, 7) is 14.5. The summed E-state index contributed by atoms with van der Waals surface area (Å²) in [4.78, 5) is 0. The Hall–Kier alpha value is -1.86. The Morgan fingerprint density at radius 1 is 1.14 bits per heavy atom. The molecule has 0 radical (unpaired) electrons. The first-order valence-corrected chi connectivity index (χ1v) is 7.66. The Kier molecular flexibility index (Phi) is 7.49. The summed E-state index contributed by atoms with van der Waals surface area (Å²) in [7, 11) is 0. The molecule has 112 valence electrons. The minimum Gasteiger partial charge on any atom is -0.373 e. The first kappa shape index (κ1) is 17.2. The fourth-order valence-electron chi connectivity index (χ4n) is 2.44. The van der Waals surface area contributed by atoms with Gasteiger partial charge in [-0.1, -0.05) is 75.6 Å². The predicted octanol–water partition coefficient (Wildman–Crippen LogP) is 5.36. The van der Waals surface area contributed by atoms with Gasteiger partial charge in [-0.15, -0.1) is 0 Å². The van der Waals surface area contributed by atoms with Crippen LogP contribution in [0.3, 0.4) is 0 Å². The smallest absolute Gasteiger partial charge is 0.0870 e. The molecule has 0 N–H and O–H groups in total. The number of hydrogen-bond acceptors (Lipinski definition) is 1. The van der Waals surface area contributed by atoms with Crippen LogP contribution in [0.5, 0.6) is 0 Å². The molecule has 0 amide bonds. The van der Waals surface area contributed by atoms with E-state index in [1.54, 1.807) is 0 Å². The molecule has 21 heavy (non-hydrogen) atoms. The van der Waals surface area contributed by atoms with Gasteiger partial charge < -0.3 is 4.74 Å². The second-order valence-corrected chi connectivity index (χ2v) is 4.50. The molecule has 1 aromatic carbocycles. The van der Waals surface area contributed by atoms with Crippen LogP contribution in [0.15, 0.2) is 66.8 Å². The van der Waals surface area contributed by atoms with Crippen molar-refractivity contribution in [2.24, 2.45) is 0 Å². The van der Waals surface area contributed by atoms with Crippen molar-refractivity contribution in [1.82, 2.24) is 0 Å². The summed E-state index contributed by atoms with van der Waals surface area (Å²) in [5.41, 5.74) is 4.75. The second kappa shape index (κ2) is 9.15. The molecule has 0 heterocycles. The molecule has 1 aromatic rings. The molecule has 0 saturated heterocycles.